The van der Waals surface area contributed by atoms with E-state index in [1.165, 1.54) is 11.3 Å². The summed E-state index contributed by atoms with van der Waals surface area (Å²) < 4.78 is 5.02. The number of aromatic nitrogens is 1. The van der Waals surface area contributed by atoms with Crippen LogP contribution in [-0.2, 0) is 9.53 Å². The van der Waals surface area contributed by atoms with Gasteiger partial charge in [-0.05, 0) is 27.2 Å². The highest BCUT2D eigenvalue weighted by atomic mass is 32.1. The standard InChI is InChI=1S/C15H24N2O3S/c1-6-9-10(4)17(12(18)7-2)15-16-11(5)13(21-15)14(19)20-8-3/h10H,6-9H2,1-5H3/t10-/m1/s1. The number of hydrogen-bond donors (Lipinski definition) is 0. The van der Waals surface area contributed by atoms with Crippen LogP contribution in [0, 0.1) is 6.92 Å². The van der Waals surface area contributed by atoms with E-state index in [0.29, 0.717) is 28.7 Å². The van der Waals surface area contributed by atoms with E-state index >= 15 is 0 Å². The Morgan fingerprint density at radius 1 is 1.33 bits per heavy atom. The molecule has 1 aromatic heterocycles. The van der Waals surface area contributed by atoms with Gasteiger partial charge in [0.1, 0.15) is 4.88 Å². The van der Waals surface area contributed by atoms with E-state index in [9.17, 15) is 9.59 Å². The summed E-state index contributed by atoms with van der Waals surface area (Å²) in [4.78, 5) is 30.7. The van der Waals surface area contributed by atoms with Crippen molar-refractivity contribution in [1.29, 1.82) is 0 Å². The monoisotopic (exact) mass is 312 g/mol. The lowest BCUT2D eigenvalue weighted by molar-refractivity contribution is -0.118. The number of ether oxygens (including phenoxy) is 1. The van der Waals surface area contributed by atoms with Gasteiger partial charge in [0.2, 0.25) is 5.91 Å². The molecule has 0 N–H and O–H groups in total. The van der Waals surface area contributed by atoms with E-state index in [-0.39, 0.29) is 17.9 Å². The lowest BCUT2D eigenvalue weighted by atomic mass is 10.1. The van der Waals surface area contributed by atoms with Crippen molar-refractivity contribution in [2.45, 2.75) is 59.9 Å². The van der Waals surface area contributed by atoms with Gasteiger partial charge in [-0.15, -0.1) is 0 Å². The summed E-state index contributed by atoms with van der Waals surface area (Å²) in [5, 5.41) is 0.586. The Morgan fingerprint density at radius 3 is 2.52 bits per heavy atom. The number of aryl methyl sites for hydroxylation is 1. The van der Waals surface area contributed by atoms with Crippen LogP contribution >= 0.6 is 11.3 Å². The highest BCUT2D eigenvalue weighted by molar-refractivity contribution is 7.17. The van der Waals surface area contributed by atoms with Crippen molar-refractivity contribution in [3.05, 3.63) is 10.6 Å². The zero-order chi connectivity index (χ0) is 16.0. The van der Waals surface area contributed by atoms with Gasteiger partial charge in [0.15, 0.2) is 5.13 Å². The van der Waals surface area contributed by atoms with Crippen LogP contribution in [0.3, 0.4) is 0 Å². The second-order valence-electron chi connectivity index (χ2n) is 4.89. The fourth-order valence-electron chi connectivity index (χ4n) is 2.13. The minimum atomic E-state index is -0.370. The van der Waals surface area contributed by atoms with Crippen LogP contribution in [0.4, 0.5) is 5.13 Å². The highest BCUT2D eigenvalue weighted by Crippen LogP contribution is 2.29. The first-order valence-corrected chi connectivity index (χ1v) is 8.24. The maximum atomic E-state index is 12.2. The van der Waals surface area contributed by atoms with Gasteiger partial charge >= 0.3 is 5.97 Å². The van der Waals surface area contributed by atoms with E-state index in [1.54, 1.807) is 18.7 Å². The fourth-order valence-corrected chi connectivity index (χ4v) is 3.21. The van der Waals surface area contributed by atoms with Gasteiger partial charge in [-0.3, -0.25) is 9.69 Å². The normalized spacial score (nSPS) is 12.0. The molecule has 21 heavy (non-hydrogen) atoms. The Bertz CT molecular complexity index is 499. The van der Waals surface area contributed by atoms with Crippen molar-refractivity contribution in [1.82, 2.24) is 4.98 Å². The molecule has 0 aliphatic heterocycles. The number of nitrogens with zero attached hydrogens (tertiary/aromatic N) is 2. The number of carbonyl (C=O) groups excluding carboxylic acids is 2. The third kappa shape index (κ3) is 4.27. The number of carbonyl (C=O) groups is 2. The smallest absolute Gasteiger partial charge is 0.350 e. The van der Waals surface area contributed by atoms with Gasteiger partial charge in [0.25, 0.3) is 0 Å². The average Bonchev–Trinajstić information content (AvgIpc) is 2.81. The lowest BCUT2D eigenvalue weighted by Gasteiger charge is -2.26. The summed E-state index contributed by atoms with van der Waals surface area (Å²) in [6.45, 7) is 9.80. The second-order valence-corrected chi connectivity index (χ2v) is 5.86. The van der Waals surface area contributed by atoms with Crippen LogP contribution in [-0.4, -0.2) is 29.5 Å². The maximum Gasteiger partial charge on any atom is 0.350 e. The first kappa shape index (κ1) is 17.6. The molecule has 1 heterocycles. The molecule has 5 nitrogen and oxygen atoms in total. The predicted molar refractivity (Wildman–Crippen MR) is 85.0 cm³/mol. The Labute approximate surface area is 130 Å². The molecule has 0 aromatic carbocycles. The first-order chi connectivity index (χ1) is 9.96. The van der Waals surface area contributed by atoms with Gasteiger partial charge in [-0.1, -0.05) is 31.6 Å². The SMILES string of the molecule is CCC[C@@H](C)N(C(=O)CC)c1nc(C)c(C(=O)OCC)s1. The van der Waals surface area contributed by atoms with Gasteiger partial charge in [0.05, 0.1) is 12.3 Å². The Balaban J connectivity index is 3.11. The number of esters is 1. The largest absolute Gasteiger partial charge is 0.462 e. The third-order valence-corrected chi connectivity index (χ3v) is 4.31. The van der Waals surface area contributed by atoms with Crippen molar-refractivity contribution in [3.63, 3.8) is 0 Å². The summed E-state index contributed by atoms with van der Waals surface area (Å²) in [5.74, 6) is -0.342. The number of amides is 1. The first-order valence-electron chi connectivity index (χ1n) is 7.42. The molecule has 1 aromatic rings. The summed E-state index contributed by atoms with van der Waals surface area (Å²) in [5.41, 5.74) is 0.617. The Morgan fingerprint density at radius 2 is 2.00 bits per heavy atom. The number of rotatable bonds is 7. The number of hydrogen-bond acceptors (Lipinski definition) is 5. The van der Waals surface area contributed by atoms with Crippen LogP contribution < -0.4 is 4.90 Å². The highest BCUT2D eigenvalue weighted by Gasteiger charge is 2.26. The van der Waals surface area contributed by atoms with E-state index < -0.39 is 0 Å². The minimum Gasteiger partial charge on any atom is -0.462 e. The molecule has 0 aliphatic rings. The average molecular weight is 312 g/mol. The predicted octanol–water partition coefficient (Wildman–Crippen LogP) is 3.56. The molecule has 0 saturated heterocycles. The van der Waals surface area contributed by atoms with Crippen molar-refractivity contribution >= 4 is 28.3 Å². The molecular weight excluding hydrogens is 288 g/mol. The Hall–Kier alpha value is -1.43. The quantitative estimate of drug-likeness (QED) is 0.722. The van der Waals surface area contributed by atoms with Crippen molar-refractivity contribution in [2.75, 3.05) is 11.5 Å². The van der Waals surface area contributed by atoms with Crippen LogP contribution in [0.2, 0.25) is 0 Å². The van der Waals surface area contributed by atoms with Crippen molar-refractivity contribution < 1.29 is 14.3 Å². The number of thiazole rings is 1. The van der Waals surface area contributed by atoms with E-state index in [4.69, 9.17) is 4.74 Å². The summed E-state index contributed by atoms with van der Waals surface area (Å²) in [6, 6.07) is 0.0723. The summed E-state index contributed by atoms with van der Waals surface area (Å²) >= 11 is 1.23. The van der Waals surface area contributed by atoms with Crippen molar-refractivity contribution in [2.24, 2.45) is 0 Å². The summed E-state index contributed by atoms with van der Waals surface area (Å²) in [7, 11) is 0. The molecule has 1 rings (SSSR count). The van der Waals surface area contributed by atoms with E-state index in [0.717, 1.165) is 12.8 Å². The van der Waals surface area contributed by atoms with E-state index in [2.05, 4.69) is 11.9 Å². The van der Waals surface area contributed by atoms with Gasteiger partial charge in [0, 0.05) is 12.5 Å². The number of anilines is 1. The Kier molecular flexibility index (Phi) is 6.81. The molecule has 0 fully saturated rings. The molecule has 6 heteroatoms. The zero-order valence-corrected chi connectivity index (χ0v) is 14.2. The van der Waals surface area contributed by atoms with Gasteiger partial charge in [-0.25, -0.2) is 9.78 Å². The van der Waals surface area contributed by atoms with Gasteiger partial charge < -0.3 is 4.74 Å². The molecule has 1 atom stereocenters. The van der Waals surface area contributed by atoms with Crippen LogP contribution in [0.5, 0.6) is 0 Å². The molecule has 0 bridgehead atoms. The van der Waals surface area contributed by atoms with E-state index in [1.807, 2.05) is 13.8 Å². The zero-order valence-electron chi connectivity index (χ0n) is 13.4. The maximum absolute atomic E-state index is 12.2. The molecule has 0 unspecified atom stereocenters. The topological polar surface area (TPSA) is 59.5 Å². The molecule has 0 aliphatic carbocycles. The molecule has 118 valence electrons. The molecule has 1 amide bonds. The van der Waals surface area contributed by atoms with Crippen molar-refractivity contribution in [3.8, 4) is 0 Å². The third-order valence-electron chi connectivity index (χ3n) is 3.17. The fraction of sp³-hybridized carbons (Fsp3) is 0.667. The molecule has 0 saturated carbocycles. The molecule has 0 radical (unpaired) electrons. The van der Waals surface area contributed by atoms with Crippen LogP contribution in [0.25, 0.3) is 0 Å². The lowest BCUT2D eigenvalue weighted by Crippen LogP contribution is -2.38. The summed E-state index contributed by atoms with van der Waals surface area (Å²) in [6.07, 6.45) is 2.31. The van der Waals surface area contributed by atoms with Crippen LogP contribution in [0.1, 0.15) is 62.3 Å². The second kappa shape index (κ2) is 8.12. The minimum absolute atomic E-state index is 0.0279. The molecule has 0 spiro atoms. The van der Waals surface area contributed by atoms with Gasteiger partial charge in [-0.2, -0.15) is 0 Å². The van der Waals surface area contributed by atoms with Crippen LogP contribution in [0.15, 0.2) is 0 Å². The molecular formula is C15H24N2O3S.